The average Bonchev–Trinajstić information content (AvgIpc) is 3.33. The number of thiazole rings is 1. The second kappa shape index (κ2) is 7.62. The molecule has 0 aromatic carbocycles. The fourth-order valence-corrected chi connectivity index (χ4v) is 4.86. The highest BCUT2D eigenvalue weighted by Crippen LogP contribution is 2.36. The number of aromatic nitrogens is 2. The highest BCUT2D eigenvalue weighted by Gasteiger charge is 2.29. The van der Waals surface area contributed by atoms with Crippen molar-refractivity contribution in [2.24, 2.45) is 0 Å². The number of piperidine rings is 1. The second-order valence-electron chi connectivity index (χ2n) is 6.92. The van der Waals surface area contributed by atoms with Gasteiger partial charge in [0.15, 0.2) is 0 Å². The zero-order chi connectivity index (χ0) is 17.1. The Morgan fingerprint density at radius 2 is 2.08 bits per heavy atom. The van der Waals surface area contributed by atoms with Gasteiger partial charge in [0, 0.05) is 36.3 Å². The number of anilines is 1. The lowest BCUT2D eigenvalue weighted by atomic mass is 10.0. The van der Waals surface area contributed by atoms with E-state index in [0.717, 1.165) is 31.6 Å². The van der Waals surface area contributed by atoms with Crippen molar-refractivity contribution < 1.29 is 4.79 Å². The van der Waals surface area contributed by atoms with E-state index in [1.54, 1.807) is 12.4 Å². The first-order chi connectivity index (χ1) is 12.3. The number of hydrogen-bond acceptors (Lipinski definition) is 5. The standard InChI is InChI=1S/C19H24N4OS/c24-19-17(8-4-10-23(19)15-7-3-9-20-11-15)21-12-16-13-22-18(25-16)14-5-1-2-6-14/h3,7,9,11,13-14,17,21H,1-2,4-6,8,10,12H2. The van der Waals surface area contributed by atoms with Gasteiger partial charge in [-0.15, -0.1) is 11.3 Å². The molecule has 1 N–H and O–H groups in total. The third-order valence-electron chi connectivity index (χ3n) is 5.19. The number of hydrogen-bond donors (Lipinski definition) is 1. The molecule has 5 nitrogen and oxygen atoms in total. The summed E-state index contributed by atoms with van der Waals surface area (Å²) in [6.45, 7) is 1.50. The Morgan fingerprint density at radius 3 is 2.88 bits per heavy atom. The molecule has 0 radical (unpaired) electrons. The molecule has 1 aliphatic heterocycles. The fraction of sp³-hybridized carbons (Fsp3) is 0.526. The minimum atomic E-state index is -0.119. The number of carbonyl (C=O) groups is 1. The van der Waals surface area contributed by atoms with Gasteiger partial charge in [-0.1, -0.05) is 12.8 Å². The minimum absolute atomic E-state index is 0.119. The van der Waals surface area contributed by atoms with Gasteiger partial charge in [0.05, 0.1) is 22.9 Å². The van der Waals surface area contributed by atoms with Crippen molar-refractivity contribution in [2.45, 2.75) is 57.0 Å². The van der Waals surface area contributed by atoms with E-state index in [1.807, 2.05) is 34.6 Å². The van der Waals surface area contributed by atoms with Crippen LogP contribution in [0, 0.1) is 0 Å². The summed E-state index contributed by atoms with van der Waals surface area (Å²) in [6.07, 6.45) is 12.6. The summed E-state index contributed by atoms with van der Waals surface area (Å²) >= 11 is 1.81. The SMILES string of the molecule is O=C1C(NCc2cnc(C3CCCC3)s2)CCCN1c1cccnc1. The molecule has 2 aliphatic rings. The van der Waals surface area contributed by atoms with Crippen molar-refractivity contribution in [3.63, 3.8) is 0 Å². The monoisotopic (exact) mass is 356 g/mol. The maximum Gasteiger partial charge on any atom is 0.244 e. The van der Waals surface area contributed by atoms with E-state index < -0.39 is 0 Å². The van der Waals surface area contributed by atoms with Gasteiger partial charge in [-0.3, -0.25) is 9.78 Å². The molecule has 2 aromatic heterocycles. The van der Waals surface area contributed by atoms with Crippen LogP contribution in [0.3, 0.4) is 0 Å². The normalized spacial score (nSPS) is 21.8. The largest absolute Gasteiger partial charge is 0.310 e. The summed E-state index contributed by atoms with van der Waals surface area (Å²) in [6, 6.07) is 3.71. The number of carbonyl (C=O) groups excluding carboxylic acids is 1. The van der Waals surface area contributed by atoms with Crippen molar-refractivity contribution in [3.05, 3.63) is 40.6 Å². The lowest BCUT2D eigenvalue weighted by Gasteiger charge is -2.32. The van der Waals surface area contributed by atoms with Crippen LogP contribution in [0.1, 0.15) is 54.3 Å². The molecule has 1 atom stereocenters. The molecule has 1 aliphatic carbocycles. The lowest BCUT2D eigenvalue weighted by Crippen LogP contribution is -2.50. The van der Waals surface area contributed by atoms with Crippen LogP contribution in [0.2, 0.25) is 0 Å². The molecule has 1 saturated carbocycles. The van der Waals surface area contributed by atoms with Crippen LogP contribution in [0.25, 0.3) is 0 Å². The van der Waals surface area contributed by atoms with Crippen LogP contribution < -0.4 is 10.2 Å². The molecule has 0 spiro atoms. The third kappa shape index (κ3) is 3.75. The lowest BCUT2D eigenvalue weighted by molar-refractivity contribution is -0.121. The van der Waals surface area contributed by atoms with Crippen LogP contribution >= 0.6 is 11.3 Å². The van der Waals surface area contributed by atoms with Gasteiger partial charge in [0.25, 0.3) is 0 Å². The maximum atomic E-state index is 12.8. The Kier molecular flexibility index (Phi) is 5.08. The summed E-state index contributed by atoms with van der Waals surface area (Å²) in [4.78, 5) is 24.6. The van der Waals surface area contributed by atoms with Crippen molar-refractivity contribution in [1.82, 2.24) is 15.3 Å². The molecule has 0 bridgehead atoms. The molecule has 1 amide bonds. The van der Waals surface area contributed by atoms with Crippen molar-refractivity contribution in [1.29, 1.82) is 0 Å². The van der Waals surface area contributed by atoms with E-state index in [2.05, 4.69) is 15.3 Å². The third-order valence-corrected chi connectivity index (χ3v) is 6.35. The van der Waals surface area contributed by atoms with E-state index in [1.165, 1.54) is 35.6 Å². The first-order valence-corrected chi connectivity index (χ1v) is 10.0. The first-order valence-electron chi connectivity index (χ1n) is 9.20. The van der Waals surface area contributed by atoms with Crippen LogP contribution in [0.5, 0.6) is 0 Å². The predicted octanol–water partition coefficient (Wildman–Crippen LogP) is 3.48. The quantitative estimate of drug-likeness (QED) is 0.891. The Balaban J connectivity index is 1.36. The Morgan fingerprint density at radius 1 is 1.20 bits per heavy atom. The van der Waals surface area contributed by atoms with Crippen LogP contribution in [-0.4, -0.2) is 28.5 Å². The van der Waals surface area contributed by atoms with Crippen molar-refractivity contribution >= 4 is 22.9 Å². The smallest absolute Gasteiger partial charge is 0.244 e. The van der Waals surface area contributed by atoms with Crippen LogP contribution in [-0.2, 0) is 11.3 Å². The molecule has 132 valence electrons. The number of rotatable bonds is 5. The highest BCUT2D eigenvalue weighted by molar-refractivity contribution is 7.11. The first kappa shape index (κ1) is 16.7. The molecule has 25 heavy (non-hydrogen) atoms. The van der Waals surface area contributed by atoms with E-state index in [-0.39, 0.29) is 11.9 Å². The highest BCUT2D eigenvalue weighted by atomic mass is 32.1. The second-order valence-corrected chi connectivity index (χ2v) is 8.07. The maximum absolute atomic E-state index is 12.8. The van der Waals surface area contributed by atoms with Crippen LogP contribution in [0.4, 0.5) is 5.69 Å². The molecule has 4 rings (SSSR count). The molecule has 2 aromatic rings. The summed E-state index contributed by atoms with van der Waals surface area (Å²) in [5.41, 5.74) is 0.889. The Bertz CT molecular complexity index is 711. The van der Waals surface area contributed by atoms with Crippen molar-refractivity contribution in [3.8, 4) is 0 Å². The topological polar surface area (TPSA) is 58.1 Å². The molecular formula is C19H24N4OS. The van der Waals surface area contributed by atoms with Crippen molar-refractivity contribution in [2.75, 3.05) is 11.4 Å². The number of nitrogens with zero attached hydrogens (tertiary/aromatic N) is 3. The Labute approximate surface area is 152 Å². The predicted molar refractivity (Wildman–Crippen MR) is 99.8 cm³/mol. The van der Waals surface area contributed by atoms with E-state index in [4.69, 9.17) is 0 Å². The van der Waals surface area contributed by atoms with Gasteiger partial charge in [0.1, 0.15) is 0 Å². The van der Waals surface area contributed by atoms with E-state index in [9.17, 15) is 4.79 Å². The zero-order valence-corrected chi connectivity index (χ0v) is 15.2. The molecule has 3 heterocycles. The summed E-state index contributed by atoms with van der Waals surface area (Å²) < 4.78 is 0. The van der Waals surface area contributed by atoms with Gasteiger partial charge >= 0.3 is 0 Å². The summed E-state index contributed by atoms with van der Waals surface area (Å²) in [5.74, 6) is 0.816. The molecule has 2 fully saturated rings. The van der Waals surface area contributed by atoms with Gasteiger partial charge in [-0.25, -0.2) is 4.98 Å². The fourth-order valence-electron chi connectivity index (χ4n) is 3.82. The zero-order valence-electron chi connectivity index (χ0n) is 14.4. The van der Waals surface area contributed by atoms with E-state index >= 15 is 0 Å². The minimum Gasteiger partial charge on any atom is -0.310 e. The average molecular weight is 356 g/mol. The molecule has 1 saturated heterocycles. The number of amides is 1. The number of nitrogens with one attached hydrogen (secondary N) is 1. The van der Waals surface area contributed by atoms with E-state index in [0.29, 0.717) is 5.92 Å². The van der Waals surface area contributed by atoms with Gasteiger partial charge in [-0.05, 0) is 37.8 Å². The van der Waals surface area contributed by atoms with Crippen LogP contribution in [0.15, 0.2) is 30.7 Å². The van der Waals surface area contributed by atoms with Gasteiger partial charge < -0.3 is 10.2 Å². The number of pyridine rings is 1. The Hall–Kier alpha value is -1.79. The summed E-state index contributed by atoms with van der Waals surface area (Å²) in [5, 5.41) is 4.73. The van der Waals surface area contributed by atoms with Gasteiger partial charge in [-0.2, -0.15) is 0 Å². The summed E-state index contributed by atoms with van der Waals surface area (Å²) in [7, 11) is 0. The van der Waals surface area contributed by atoms with Gasteiger partial charge in [0.2, 0.25) is 5.91 Å². The molecule has 6 heteroatoms. The molecular weight excluding hydrogens is 332 g/mol. The molecule has 1 unspecified atom stereocenters.